The van der Waals surface area contributed by atoms with Crippen LogP contribution in [0.25, 0.3) is 11.3 Å². The summed E-state index contributed by atoms with van der Waals surface area (Å²) in [6.07, 6.45) is 1.77. The Morgan fingerprint density at radius 1 is 0.977 bits per heavy atom. The van der Waals surface area contributed by atoms with E-state index >= 15 is 0 Å². The van der Waals surface area contributed by atoms with Crippen LogP contribution in [0, 0.1) is 11.6 Å². The molecule has 1 amide bonds. The van der Waals surface area contributed by atoms with Crippen molar-refractivity contribution in [3.63, 3.8) is 0 Å². The summed E-state index contributed by atoms with van der Waals surface area (Å²) in [6, 6.07) is 14.7. The lowest BCUT2D eigenvalue weighted by Crippen LogP contribution is -2.49. The van der Waals surface area contributed by atoms with Gasteiger partial charge < -0.3 is 29.3 Å². The fraction of sp³-hybridized carbons (Fsp3) is 0.303. The van der Waals surface area contributed by atoms with Gasteiger partial charge in [0.15, 0.2) is 0 Å². The second-order valence-corrected chi connectivity index (χ2v) is 11.0. The van der Waals surface area contributed by atoms with E-state index in [2.05, 4.69) is 34.0 Å². The molecule has 1 fully saturated rings. The summed E-state index contributed by atoms with van der Waals surface area (Å²) in [5.41, 5.74) is 2.61. The second kappa shape index (κ2) is 12.1. The van der Waals surface area contributed by atoms with Crippen LogP contribution in [0.5, 0.6) is 11.5 Å². The summed E-state index contributed by atoms with van der Waals surface area (Å²) in [5.74, 6) is -0.101. The third kappa shape index (κ3) is 5.50. The maximum atomic E-state index is 14.9. The van der Waals surface area contributed by atoms with Crippen LogP contribution in [0.3, 0.4) is 0 Å². The van der Waals surface area contributed by atoms with Gasteiger partial charge in [-0.3, -0.25) is 4.79 Å². The van der Waals surface area contributed by atoms with E-state index in [0.29, 0.717) is 47.5 Å². The molecule has 0 saturated carbocycles. The number of amides is 1. The smallest absolute Gasteiger partial charge is 0.258 e. The first-order valence-electron chi connectivity index (χ1n) is 14.3. The van der Waals surface area contributed by atoms with Gasteiger partial charge in [0.2, 0.25) is 0 Å². The number of hydrogen-bond donors (Lipinski definition) is 1. The molecule has 1 N–H and O–H groups in total. The van der Waals surface area contributed by atoms with Crippen LogP contribution in [-0.4, -0.2) is 60.3 Å². The molecule has 0 spiro atoms. The largest absolute Gasteiger partial charge is 0.497 e. The third-order valence-electron chi connectivity index (χ3n) is 7.99. The highest BCUT2D eigenvalue weighted by molar-refractivity contribution is 6.04. The Morgan fingerprint density at radius 3 is 2.39 bits per heavy atom. The molecule has 44 heavy (non-hydrogen) atoms. The highest BCUT2D eigenvalue weighted by atomic mass is 19.1. The molecule has 4 aromatic rings. The van der Waals surface area contributed by atoms with E-state index in [-0.39, 0.29) is 42.3 Å². The number of carbonyl (C=O) groups excluding carboxylic acids is 1. The third-order valence-corrected chi connectivity index (χ3v) is 7.99. The van der Waals surface area contributed by atoms with Crippen molar-refractivity contribution in [3.8, 4) is 22.8 Å². The number of methoxy groups -OCH3 is 2. The van der Waals surface area contributed by atoms with Gasteiger partial charge in [-0.25, -0.2) is 18.7 Å². The molecular formula is C33H33F2N5O4. The molecular weight excluding hydrogens is 568 g/mol. The number of rotatable bonds is 8. The van der Waals surface area contributed by atoms with Gasteiger partial charge in [0, 0.05) is 23.7 Å². The van der Waals surface area contributed by atoms with Crippen molar-refractivity contribution < 1.29 is 27.8 Å². The monoisotopic (exact) mass is 601 g/mol. The topological polar surface area (TPSA) is 89.0 Å². The average molecular weight is 602 g/mol. The Labute approximate surface area is 254 Å². The number of nitrogens with zero attached hydrogens (tertiary/aromatic N) is 4. The fourth-order valence-electron chi connectivity index (χ4n) is 5.91. The van der Waals surface area contributed by atoms with Crippen LogP contribution in [-0.2, 0) is 17.8 Å². The number of fused-ring (bicyclic) bond motifs is 1. The molecule has 0 radical (unpaired) electrons. The van der Waals surface area contributed by atoms with E-state index in [1.807, 2.05) is 18.2 Å². The fourth-order valence-corrected chi connectivity index (χ4v) is 5.91. The lowest BCUT2D eigenvalue weighted by atomic mass is 10.1. The number of ether oxygens (including phenoxy) is 3. The maximum absolute atomic E-state index is 14.9. The van der Waals surface area contributed by atoms with Crippen molar-refractivity contribution in [2.45, 2.75) is 39.0 Å². The summed E-state index contributed by atoms with van der Waals surface area (Å²) in [5, 5.41) is 3.23. The zero-order valence-corrected chi connectivity index (χ0v) is 24.9. The minimum Gasteiger partial charge on any atom is -0.497 e. The Bertz CT molecular complexity index is 1670. The van der Waals surface area contributed by atoms with Crippen LogP contribution in [0.2, 0.25) is 0 Å². The molecule has 2 aromatic carbocycles. The summed E-state index contributed by atoms with van der Waals surface area (Å²) >= 11 is 0. The molecule has 2 aliphatic heterocycles. The van der Waals surface area contributed by atoms with E-state index in [1.54, 1.807) is 37.4 Å². The minimum absolute atomic E-state index is 0.0751. The zero-order chi connectivity index (χ0) is 31.0. The summed E-state index contributed by atoms with van der Waals surface area (Å²) < 4.78 is 46.3. The quantitative estimate of drug-likeness (QED) is 0.265. The number of halogens is 2. The predicted molar refractivity (Wildman–Crippen MR) is 162 cm³/mol. The van der Waals surface area contributed by atoms with Crippen molar-refractivity contribution in [2.24, 2.45) is 0 Å². The van der Waals surface area contributed by atoms with E-state index in [9.17, 15) is 13.6 Å². The molecule has 2 aromatic heterocycles. The highest BCUT2D eigenvalue weighted by Gasteiger charge is 2.34. The van der Waals surface area contributed by atoms with Crippen molar-refractivity contribution in [2.75, 3.05) is 37.7 Å². The number of anilines is 3. The Balaban J connectivity index is 1.36. The summed E-state index contributed by atoms with van der Waals surface area (Å²) in [4.78, 5) is 26.9. The SMILES string of the molecule is COc1ccc(CN2Cc3nc(-c4c(F)cccc4F)cc(Nc4ccc(N5[C@@H](C)COC[C@@H]5C)cn4)c3C2=O)c(OC)c1. The Hall–Kier alpha value is -4.77. The Morgan fingerprint density at radius 2 is 1.73 bits per heavy atom. The van der Waals surface area contributed by atoms with Crippen molar-refractivity contribution in [3.05, 3.63) is 89.2 Å². The van der Waals surface area contributed by atoms with Crippen LogP contribution in [0.15, 0.2) is 60.8 Å². The van der Waals surface area contributed by atoms with Gasteiger partial charge in [0.05, 0.1) is 80.6 Å². The summed E-state index contributed by atoms with van der Waals surface area (Å²) in [7, 11) is 3.12. The number of benzene rings is 2. The van der Waals surface area contributed by atoms with E-state index in [0.717, 1.165) is 11.3 Å². The molecule has 0 bridgehead atoms. The predicted octanol–water partition coefficient (Wildman–Crippen LogP) is 5.95. The van der Waals surface area contributed by atoms with Gasteiger partial charge in [0.25, 0.3) is 5.91 Å². The Kier molecular flexibility index (Phi) is 8.05. The van der Waals surface area contributed by atoms with Crippen LogP contribution in [0.1, 0.15) is 35.5 Å². The van der Waals surface area contributed by atoms with Gasteiger partial charge in [0.1, 0.15) is 29.0 Å². The van der Waals surface area contributed by atoms with Crippen LogP contribution >= 0.6 is 0 Å². The lowest BCUT2D eigenvalue weighted by Gasteiger charge is -2.40. The van der Waals surface area contributed by atoms with Crippen LogP contribution < -0.4 is 19.7 Å². The van der Waals surface area contributed by atoms with Gasteiger partial charge in [-0.2, -0.15) is 0 Å². The van der Waals surface area contributed by atoms with Crippen LogP contribution in [0.4, 0.5) is 26.0 Å². The molecule has 0 aliphatic carbocycles. The molecule has 1 saturated heterocycles. The average Bonchev–Trinajstić information content (AvgIpc) is 3.32. The number of nitrogens with one attached hydrogen (secondary N) is 1. The molecule has 11 heteroatoms. The van der Waals surface area contributed by atoms with E-state index in [1.165, 1.54) is 24.3 Å². The standard InChI is InChI=1S/C33H33F2N5O4/c1-19-17-44-18-20(2)40(19)22-9-11-30(36-14-22)38-27-13-26(31-24(34)6-5-7-25(31)35)37-28-16-39(33(41)32(27)28)15-21-8-10-23(42-3)12-29(21)43-4/h5-14,19-20H,15-18H2,1-4H3,(H,36,37,38)/t19-,20-/m0/s1. The number of aromatic nitrogens is 2. The first kappa shape index (κ1) is 29.3. The first-order valence-corrected chi connectivity index (χ1v) is 14.3. The molecule has 4 heterocycles. The number of morpholine rings is 1. The van der Waals surface area contributed by atoms with Gasteiger partial charge in [-0.05, 0) is 56.3 Å². The lowest BCUT2D eigenvalue weighted by molar-refractivity contribution is 0.0756. The van der Waals surface area contributed by atoms with Crippen molar-refractivity contribution in [1.82, 2.24) is 14.9 Å². The van der Waals surface area contributed by atoms with Gasteiger partial charge >= 0.3 is 0 Å². The molecule has 2 aliphatic rings. The van der Waals surface area contributed by atoms with Crippen molar-refractivity contribution >= 4 is 23.1 Å². The molecule has 0 unspecified atom stereocenters. The van der Waals surface area contributed by atoms with E-state index in [4.69, 9.17) is 14.2 Å². The van der Waals surface area contributed by atoms with Gasteiger partial charge in [-0.1, -0.05) is 6.07 Å². The second-order valence-electron chi connectivity index (χ2n) is 11.0. The molecule has 9 nitrogen and oxygen atoms in total. The molecule has 2 atom stereocenters. The highest BCUT2D eigenvalue weighted by Crippen LogP contribution is 2.37. The summed E-state index contributed by atoms with van der Waals surface area (Å²) in [6.45, 7) is 5.83. The van der Waals surface area contributed by atoms with Gasteiger partial charge in [-0.15, -0.1) is 0 Å². The zero-order valence-electron chi connectivity index (χ0n) is 24.9. The minimum atomic E-state index is -0.747. The maximum Gasteiger partial charge on any atom is 0.258 e. The van der Waals surface area contributed by atoms with E-state index < -0.39 is 11.6 Å². The van der Waals surface area contributed by atoms with Crippen molar-refractivity contribution in [1.29, 1.82) is 0 Å². The molecule has 228 valence electrons. The number of pyridine rings is 2. The normalized spacial score (nSPS) is 17.9. The number of carbonyl (C=O) groups is 1. The first-order chi connectivity index (χ1) is 21.3. The molecule has 6 rings (SSSR count). The number of hydrogen-bond acceptors (Lipinski definition) is 8.